The number of nitrogens with one attached hydrogen (secondary N) is 1. The van der Waals surface area contributed by atoms with Crippen LogP contribution in [0.25, 0.3) is 0 Å². The summed E-state index contributed by atoms with van der Waals surface area (Å²) in [6.07, 6.45) is 1.62. The molecule has 3 rings (SSSR count). The predicted octanol–water partition coefficient (Wildman–Crippen LogP) is 1.22. The van der Waals surface area contributed by atoms with Crippen molar-refractivity contribution in [3.8, 4) is 5.75 Å². The fraction of sp³-hybridized carbons (Fsp3) is 0.529. The number of likely N-dealkylation sites (N-methyl/N-ethyl adjacent to an activating group) is 1. The van der Waals surface area contributed by atoms with E-state index in [1.54, 1.807) is 0 Å². The average Bonchev–Trinajstić information content (AvgIpc) is 2.92. The Morgan fingerprint density at radius 1 is 1.35 bits per heavy atom. The number of nitrogens with zero attached hydrogens (tertiary/aromatic N) is 1. The average molecular weight is 318 g/mol. The van der Waals surface area contributed by atoms with Gasteiger partial charge in [0.1, 0.15) is 18.3 Å². The fourth-order valence-electron chi connectivity index (χ4n) is 3.36. The molecule has 0 aromatic heterocycles. The van der Waals surface area contributed by atoms with Gasteiger partial charge in [0.05, 0.1) is 6.54 Å². The summed E-state index contributed by atoms with van der Waals surface area (Å²) in [7, 11) is 0. The van der Waals surface area contributed by atoms with Gasteiger partial charge in [-0.2, -0.15) is 0 Å². The van der Waals surface area contributed by atoms with Gasteiger partial charge in [0.15, 0.2) is 0 Å². The molecule has 1 aliphatic heterocycles. The van der Waals surface area contributed by atoms with E-state index < -0.39 is 5.97 Å². The largest absolute Gasteiger partial charge is 0.492 e. The maximum Gasteiger partial charge on any atom is 0.317 e. The van der Waals surface area contributed by atoms with Crippen molar-refractivity contribution in [3.05, 3.63) is 29.8 Å². The molecule has 1 aromatic carbocycles. The second-order valence-electron chi connectivity index (χ2n) is 6.19. The number of amides is 1. The van der Waals surface area contributed by atoms with Crippen LogP contribution < -0.4 is 10.1 Å². The zero-order valence-electron chi connectivity index (χ0n) is 13.2. The number of ether oxygens (including phenoxy) is 1. The number of rotatable bonds is 6. The number of hydrogen-bond donors (Lipinski definition) is 2. The van der Waals surface area contributed by atoms with Crippen molar-refractivity contribution in [2.75, 3.05) is 19.7 Å². The van der Waals surface area contributed by atoms with Gasteiger partial charge < -0.3 is 15.2 Å². The fourth-order valence-corrected chi connectivity index (χ4v) is 3.36. The molecule has 0 bridgehead atoms. The van der Waals surface area contributed by atoms with Crippen LogP contribution in [-0.2, 0) is 9.59 Å². The number of carboxylic acids is 1. The molecule has 0 spiro atoms. The highest BCUT2D eigenvalue weighted by molar-refractivity contribution is 5.85. The quantitative estimate of drug-likeness (QED) is 0.824. The summed E-state index contributed by atoms with van der Waals surface area (Å²) in [6.45, 7) is 3.12. The number of carboxylic acid groups (broad SMARTS) is 1. The van der Waals surface area contributed by atoms with E-state index in [1.165, 1.54) is 0 Å². The topological polar surface area (TPSA) is 78.9 Å². The number of aliphatic carboxylic acids is 1. The van der Waals surface area contributed by atoms with Crippen LogP contribution in [0.1, 0.15) is 31.2 Å². The standard InChI is InChI=1S/C17H22N2O4/c1-2-19(9-16(20)21)12-7-11(8-12)18-17(22)14-10-23-15-6-4-3-5-13(14)15/h3-6,11-12,14H,2,7-10H2,1H3,(H,18,22)(H,20,21). The summed E-state index contributed by atoms with van der Waals surface area (Å²) >= 11 is 0. The van der Waals surface area contributed by atoms with E-state index in [4.69, 9.17) is 9.84 Å². The molecule has 2 N–H and O–H groups in total. The second-order valence-corrected chi connectivity index (χ2v) is 6.19. The van der Waals surface area contributed by atoms with Gasteiger partial charge in [-0.15, -0.1) is 0 Å². The Morgan fingerprint density at radius 2 is 2.09 bits per heavy atom. The molecule has 1 atom stereocenters. The van der Waals surface area contributed by atoms with E-state index in [0.29, 0.717) is 13.2 Å². The lowest BCUT2D eigenvalue weighted by atomic mass is 9.84. The van der Waals surface area contributed by atoms with Crippen LogP contribution in [-0.4, -0.2) is 53.7 Å². The van der Waals surface area contributed by atoms with Gasteiger partial charge in [-0.1, -0.05) is 25.1 Å². The molecule has 1 unspecified atom stereocenters. The van der Waals surface area contributed by atoms with E-state index in [-0.39, 0.29) is 30.5 Å². The first-order chi connectivity index (χ1) is 11.1. The number of carbonyl (C=O) groups is 2. The summed E-state index contributed by atoms with van der Waals surface area (Å²) < 4.78 is 5.55. The highest BCUT2D eigenvalue weighted by atomic mass is 16.5. The van der Waals surface area contributed by atoms with Gasteiger partial charge >= 0.3 is 5.97 Å². The van der Waals surface area contributed by atoms with Crippen molar-refractivity contribution >= 4 is 11.9 Å². The first-order valence-corrected chi connectivity index (χ1v) is 8.06. The number of hydrogen-bond acceptors (Lipinski definition) is 4. The van der Waals surface area contributed by atoms with Gasteiger partial charge in [-0.05, 0) is 25.5 Å². The molecule has 1 heterocycles. The molecule has 2 aliphatic rings. The molecule has 1 aliphatic carbocycles. The molecule has 0 saturated heterocycles. The maximum absolute atomic E-state index is 12.4. The Morgan fingerprint density at radius 3 is 2.78 bits per heavy atom. The maximum atomic E-state index is 12.4. The van der Waals surface area contributed by atoms with Gasteiger partial charge in [-0.3, -0.25) is 14.5 Å². The van der Waals surface area contributed by atoms with Crippen molar-refractivity contribution in [2.24, 2.45) is 0 Å². The zero-order chi connectivity index (χ0) is 16.4. The van der Waals surface area contributed by atoms with Crippen LogP contribution in [0.15, 0.2) is 24.3 Å². The molecule has 1 saturated carbocycles. The highest BCUT2D eigenvalue weighted by Crippen LogP contribution is 2.34. The van der Waals surface area contributed by atoms with Crippen LogP contribution >= 0.6 is 0 Å². The Hall–Kier alpha value is -2.08. The summed E-state index contributed by atoms with van der Waals surface area (Å²) in [5.74, 6) is -0.261. The van der Waals surface area contributed by atoms with Crippen LogP contribution in [0.4, 0.5) is 0 Å². The van der Waals surface area contributed by atoms with Crippen molar-refractivity contribution in [3.63, 3.8) is 0 Å². The van der Waals surface area contributed by atoms with Crippen LogP contribution in [0.3, 0.4) is 0 Å². The normalized spacial score (nSPS) is 25.4. The summed E-state index contributed by atoms with van der Waals surface area (Å²) in [5, 5.41) is 12.0. The minimum atomic E-state index is -0.806. The van der Waals surface area contributed by atoms with Crippen LogP contribution in [0, 0.1) is 0 Å². The number of fused-ring (bicyclic) bond motifs is 1. The number of para-hydroxylation sites is 1. The number of carbonyl (C=O) groups excluding carboxylic acids is 1. The summed E-state index contributed by atoms with van der Waals surface area (Å²) in [5.41, 5.74) is 0.946. The molecule has 6 heteroatoms. The molecular formula is C17H22N2O4. The van der Waals surface area contributed by atoms with Crippen LogP contribution in [0.2, 0.25) is 0 Å². The van der Waals surface area contributed by atoms with Gasteiger partial charge in [0.25, 0.3) is 0 Å². The Bertz CT molecular complexity index is 598. The van der Waals surface area contributed by atoms with Crippen molar-refractivity contribution in [2.45, 2.75) is 37.8 Å². The highest BCUT2D eigenvalue weighted by Gasteiger charge is 2.37. The van der Waals surface area contributed by atoms with Crippen molar-refractivity contribution < 1.29 is 19.4 Å². The first-order valence-electron chi connectivity index (χ1n) is 8.06. The summed E-state index contributed by atoms with van der Waals surface area (Å²) in [4.78, 5) is 25.2. The smallest absolute Gasteiger partial charge is 0.317 e. The Balaban J connectivity index is 1.51. The molecule has 1 amide bonds. The molecule has 124 valence electrons. The minimum absolute atomic E-state index is 0.000293. The SMILES string of the molecule is CCN(CC(=O)O)C1CC(NC(=O)C2COc3ccccc32)C1. The molecule has 6 nitrogen and oxygen atoms in total. The van der Waals surface area contributed by atoms with Crippen molar-refractivity contribution in [1.29, 1.82) is 0 Å². The third kappa shape index (κ3) is 3.32. The van der Waals surface area contributed by atoms with E-state index >= 15 is 0 Å². The second kappa shape index (κ2) is 6.58. The number of benzene rings is 1. The monoisotopic (exact) mass is 318 g/mol. The Labute approximate surface area is 135 Å². The van der Waals surface area contributed by atoms with Gasteiger partial charge in [-0.25, -0.2) is 0 Å². The van der Waals surface area contributed by atoms with E-state index in [2.05, 4.69) is 5.32 Å². The Kier molecular flexibility index (Phi) is 4.52. The molecule has 23 heavy (non-hydrogen) atoms. The molecule has 1 fully saturated rings. The third-order valence-corrected chi connectivity index (χ3v) is 4.74. The minimum Gasteiger partial charge on any atom is -0.492 e. The molecular weight excluding hydrogens is 296 g/mol. The van der Waals surface area contributed by atoms with Crippen molar-refractivity contribution in [1.82, 2.24) is 10.2 Å². The lowest BCUT2D eigenvalue weighted by molar-refractivity contribution is -0.139. The first kappa shape index (κ1) is 15.8. The van der Waals surface area contributed by atoms with E-state index in [0.717, 1.165) is 24.2 Å². The predicted molar refractivity (Wildman–Crippen MR) is 84.5 cm³/mol. The van der Waals surface area contributed by atoms with E-state index in [1.807, 2.05) is 36.1 Å². The third-order valence-electron chi connectivity index (χ3n) is 4.74. The van der Waals surface area contributed by atoms with Gasteiger partial charge in [0.2, 0.25) is 5.91 Å². The summed E-state index contributed by atoms with van der Waals surface area (Å²) in [6, 6.07) is 8.00. The lowest BCUT2D eigenvalue weighted by Crippen LogP contribution is -2.55. The zero-order valence-corrected chi connectivity index (χ0v) is 13.2. The van der Waals surface area contributed by atoms with Crippen LogP contribution in [0.5, 0.6) is 5.75 Å². The van der Waals surface area contributed by atoms with E-state index in [9.17, 15) is 9.59 Å². The molecule has 1 aromatic rings. The molecule has 0 radical (unpaired) electrons. The van der Waals surface area contributed by atoms with Gasteiger partial charge in [0, 0.05) is 17.6 Å². The lowest BCUT2D eigenvalue weighted by Gasteiger charge is -2.42.